The molecule has 0 atom stereocenters. The van der Waals surface area contributed by atoms with E-state index < -0.39 is 32.5 Å². The molecule has 0 aliphatic carbocycles. The second kappa shape index (κ2) is 6.50. The van der Waals surface area contributed by atoms with Gasteiger partial charge in [-0.15, -0.1) is 0 Å². The molecule has 16 nitrogen and oxygen atoms in total. The monoisotopic (exact) mass is 350 g/mol. The summed E-state index contributed by atoms with van der Waals surface area (Å²) >= 11 is 0. The number of rotatable bonds is 5. The van der Waals surface area contributed by atoms with Crippen molar-refractivity contribution in [3.63, 3.8) is 0 Å². The normalized spacial score (nSPS) is 20.2. The van der Waals surface area contributed by atoms with Crippen LogP contribution in [0.15, 0.2) is 0 Å². The molecule has 16 heteroatoms. The van der Waals surface area contributed by atoms with Crippen LogP contribution in [0.2, 0.25) is 0 Å². The minimum atomic E-state index is -1.78. The van der Waals surface area contributed by atoms with Crippen molar-refractivity contribution in [1.82, 2.24) is 20.0 Å². The zero-order valence-corrected chi connectivity index (χ0v) is 12.2. The summed E-state index contributed by atoms with van der Waals surface area (Å²) in [6.45, 7) is -0.851. The summed E-state index contributed by atoms with van der Waals surface area (Å²) in [5.41, 5.74) is 0. The van der Waals surface area contributed by atoms with Gasteiger partial charge >= 0.3 is 0 Å². The predicted octanol–water partition coefficient (Wildman–Crippen LogP) is -1.58. The van der Waals surface area contributed by atoms with Gasteiger partial charge in [-0.2, -0.15) is 0 Å². The van der Waals surface area contributed by atoms with E-state index in [1.165, 1.54) is 0 Å². The van der Waals surface area contributed by atoms with Gasteiger partial charge in [0.2, 0.25) is 0 Å². The van der Waals surface area contributed by atoms with Gasteiger partial charge in [-0.05, 0) is 12.8 Å². The highest BCUT2D eigenvalue weighted by molar-refractivity contribution is 4.82. The standard InChI is InChI=1S/C8H14N8O8/c17-13(18)9-3-1-4-10(14(19)20)7(9)8-11(15(21)22)5-2-6-12(8)16(23)24/h7-8H,1-6H2. The highest BCUT2D eigenvalue weighted by Gasteiger charge is 2.58. The number of hydrogen-bond acceptors (Lipinski definition) is 8. The molecule has 0 spiro atoms. The van der Waals surface area contributed by atoms with Gasteiger partial charge in [0.25, 0.3) is 12.3 Å². The summed E-state index contributed by atoms with van der Waals surface area (Å²) in [7, 11) is 0. The molecule has 0 aromatic heterocycles. The number of hydrazine groups is 4. The van der Waals surface area contributed by atoms with Gasteiger partial charge < -0.3 is 0 Å². The van der Waals surface area contributed by atoms with Crippen LogP contribution in [-0.2, 0) is 0 Å². The largest absolute Gasteiger partial charge is 0.266 e. The first kappa shape index (κ1) is 17.2. The molecule has 24 heavy (non-hydrogen) atoms. The summed E-state index contributed by atoms with van der Waals surface area (Å²) in [5.74, 6) is 0. The summed E-state index contributed by atoms with van der Waals surface area (Å²) in [4.78, 5) is 44.9. The van der Waals surface area contributed by atoms with Gasteiger partial charge in [0.1, 0.15) is 0 Å². The lowest BCUT2D eigenvalue weighted by molar-refractivity contribution is -0.777. The quantitative estimate of drug-likeness (QED) is 0.409. The molecular formula is C8H14N8O8. The van der Waals surface area contributed by atoms with Crippen LogP contribution in [-0.4, -0.2) is 78.7 Å². The van der Waals surface area contributed by atoms with E-state index in [9.17, 15) is 40.5 Å². The molecule has 2 fully saturated rings. The van der Waals surface area contributed by atoms with Crippen LogP contribution >= 0.6 is 0 Å². The van der Waals surface area contributed by atoms with E-state index in [2.05, 4.69) is 0 Å². The molecule has 0 amide bonds. The zero-order valence-electron chi connectivity index (χ0n) is 12.2. The Kier molecular flexibility index (Phi) is 4.65. The minimum absolute atomic E-state index is 0.0715. The Hall–Kier alpha value is -3.20. The SMILES string of the molecule is O=[N+]([O-])N1CCCN([N+](=O)[O-])C1C1N([N+](=O)[O-])CCCN1[N+](=O)[O-]. The highest BCUT2D eigenvalue weighted by atomic mass is 16.7. The van der Waals surface area contributed by atoms with E-state index >= 15 is 0 Å². The molecule has 2 aliphatic rings. The van der Waals surface area contributed by atoms with E-state index in [4.69, 9.17) is 0 Å². The van der Waals surface area contributed by atoms with Crippen LogP contribution in [0.4, 0.5) is 0 Å². The molecule has 2 heterocycles. The summed E-state index contributed by atoms with van der Waals surface area (Å²) in [6, 6.07) is 0. The van der Waals surface area contributed by atoms with Crippen molar-refractivity contribution in [3.05, 3.63) is 40.5 Å². The lowest BCUT2D eigenvalue weighted by Gasteiger charge is -2.41. The maximum absolute atomic E-state index is 11.2. The van der Waals surface area contributed by atoms with Crippen molar-refractivity contribution in [1.29, 1.82) is 0 Å². The Balaban J connectivity index is 2.50. The average molecular weight is 350 g/mol. The number of nitrogens with zero attached hydrogens (tertiary/aromatic N) is 8. The second-order valence-electron chi connectivity index (χ2n) is 5.14. The molecule has 0 radical (unpaired) electrons. The van der Waals surface area contributed by atoms with Gasteiger partial charge in [0.05, 0.1) is 26.2 Å². The average Bonchev–Trinajstić information content (AvgIpc) is 2.52. The molecule has 0 aromatic rings. The van der Waals surface area contributed by atoms with Gasteiger partial charge in [0, 0.05) is 0 Å². The third-order valence-electron chi connectivity index (χ3n) is 3.88. The molecule has 134 valence electrons. The fourth-order valence-corrected chi connectivity index (χ4v) is 2.95. The van der Waals surface area contributed by atoms with Gasteiger partial charge in [-0.25, -0.2) is 40.5 Å². The van der Waals surface area contributed by atoms with Crippen LogP contribution in [0.25, 0.3) is 0 Å². The van der Waals surface area contributed by atoms with E-state index in [1.807, 2.05) is 0 Å². The maximum Gasteiger partial charge on any atom is 0.266 e. The molecule has 2 saturated heterocycles. The molecule has 0 unspecified atom stereocenters. The first-order valence-electron chi connectivity index (χ1n) is 6.89. The topological polar surface area (TPSA) is 186 Å². The van der Waals surface area contributed by atoms with Crippen molar-refractivity contribution >= 4 is 0 Å². The fraction of sp³-hybridized carbons (Fsp3) is 1.00. The van der Waals surface area contributed by atoms with Crippen LogP contribution in [0.1, 0.15) is 12.8 Å². The van der Waals surface area contributed by atoms with E-state index in [0.717, 1.165) is 0 Å². The van der Waals surface area contributed by atoms with Gasteiger partial charge in [0.15, 0.2) is 20.1 Å². The Morgan fingerprint density at radius 3 is 0.917 bits per heavy atom. The van der Waals surface area contributed by atoms with Crippen molar-refractivity contribution in [2.45, 2.75) is 25.2 Å². The zero-order chi connectivity index (χ0) is 18.0. The van der Waals surface area contributed by atoms with Gasteiger partial charge in [-0.3, -0.25) is 0 Å². The van der Waals surface area contributed by atoms with Crippen molar-refractivity contribution in [2.24, 2.45) is 0 Å². The second-order valence-corrected chi connectivity index (χ2v) is 5.14. The molecule has 2 aliphatic heterocycles. The Bertz CT molecular complexity index is 466. The Labute approximate surface area is 133 Å². The van der Waals surface area contributed by atoms with Crippen LogP contribution < -0.4 is 0 Å². The highest BCUT2D eigenvalue weighted by Crippen LogP contribution is 2.26. The van der Waals surface area contributed by atoms with Crippen molar-refractivity contribution < 1.29 is 20.1 Å². The molecule has 0 aromatic carbocycles. The molecular weight excluding hydrogens is 336 g/mol. The molecule has 2 rings (SSSR count). The summed E-state index contributed by atoms with van der Waals surface area (Å²) in [5, 5.41) is 43.0. The molecule has 0 N–H and O–H groups in total. The van der Waals surface area contributed by atoms with E-state index in [-0.39, 0.29) is 39.0 Å². The van der Waals surface area contributed by atoms with E-state index in [0.29, 0.717) is 20.0 Å². The third kappa shape index (κ3) is 2.97. The van der Waals surface area contributed by atoms with Crippen molar-refractivity contribution in [2.75, 3.05) is 26.2 Å². The third-order valence-corrected chi connectivity index (χ3v) is 3.88. The Morgan fingerprint density at radius 1 is 0.542 bits per heavy atom. The number of nitro groups is 4. The summed E-state index contributed by atoms with van der Waals surface area (Å²) in [6.07, 6.45) is -3.41. The maximum atomic E-state index is 11.2. The first-order valence-corrected chi connectivity index (χ1v) is 6.89. The van der Waals surface area contributed by atoms with Gasteiger partial charge in [-0.1, -0.05) is 20.0 Å². The molecule has 0 saturated carbocycles. The van der Waals surface area contributed by atoms with Crippen molar-refractivity contribution in [3.8, 4) is 0 Å². The lowest BCUT2D eigenvalue weighted by Crippen LogP contribution is -2.72. The van der Waals surface area contributed by atoms with Crippen LogP contribution in [0, 0.1) is 40.5 Å². The van der Waals surface area contributed by atoms with E-state index in [1.54, 1.807) is 0 Å². The molecule has 0 bridgehead atoms. The fourth-order valence-electron chi connectivity index (χ4n) is 2.95. The van der Waals surface area contributed by atoms with Crippen LogP contribution in [0.5, 0.6) is 0 Å². The summed E-state index contributed by atoms with van der Waals surface area (Å²) < 4.78 is 0. The lowest BCUT2D eigenvalue weighted by atomic mass is 10.1. The first-order chi connectivity index (χ1) is 11.3. The van der Waals surface area contributed by atoms with Crippen LogP contribution in [0.3, 0.4) is 0 Å². The number of hydrogen-bond donors (Lipinski definition) is 0. The smallest absolute Gasteiger partial charge is 0.235 e. The minimum Gasteiger partial charge on any atom is -0.235 e. The predicted molar refractivity (Wildman–Crippen MR) is 71.6 cm³/mol. The Morgan fingerprint density at radius 2 is 0.750 bits per heavy atom.